The lowest BCUT2D eigenvalue weighted by molar-refractivity contribution is -0.385. The van der Waals surface area contributed by atoms with Gasteiger partial charge in [0.1, 0.15) is 10.6 Å². The van der Waals surface area contributed by atoms with Gasteiger partial charge in [-0.1, -0.05) is 6.92 Å². The van der Waals surface area contributed by atoms with E-state index in [0.29, 0.717) is 6.61 Å². The van der Waals surface area contributed by atoms with Gasteiger partial charge in [-0.15, -0.1) is 0 Å². The lowest BCUT2D eigenvalue weighted by Crippen LogP contribution is -2.04. The van der Waals surface area contributed by atoms with E-state index in [0.717, 1.165) is 24.0 Å². The van der Waals surface area contributed by atoms with Crippen molar-refractivity contribution in [3.05, 3.63) is 28.3 Å². The van der Waals surface area contributed by atoms with E-state index in [-0.39, 0.29) is 16.3 Å². The van der Waals surface area contributed by atoms with Crippen LogP contribution in [0.3, 0.4) is 0 Å². The van der Waals surface area contributed by atoms with Crippen LogP contribution in [0.5, 0.6) is 5.75 Å². The van der Waals surface area contributed by atoms with Crippen LogP contribution in [-0.2, 0) is 9.05 Å². The van der Waals surface area contributed by atoms with Gasteiger partial charge in [0.05, 0.1) is 11.5 Å². The van der Waals surface area contributed by atoms with Gasteiger partial charge in [0, 0.05) is 22.8 Å². The number of benzene rings is 1. The van der Waals surface area contributed by atoms with Crippen molar-refractivity contribution in [2.75, 3.05) is 18.1 Å². The van der Waals surface area contributed by atoms with Crippen molar-refractivity contribution >= 4 is 37.2 Å². The monoisotopic (exact) mass is 339 g/mol. The van der Waals surface area contributed by atoms with Gasteiger partial charge < -0.3 is 4.74 Å². The van der Waals surface area contributed by atoms with E-state index in [9.17, 15) is 18.5 Å². The van der Waals surface area contributed by atoms with Gasteiger partial charge in [-0.25, -0.2) is 8.42 Å². The second kappa shape index (κ2) is 7.70. The van der Waals surface area contributed by atoms with Gasteiger partial charge in [0.2, 0.25) is 0 Å². The molecule has 0 N–H and O–H groups in total. The maximum atomic E-state index is 11.4. The SMILES string of the molecule is CCSCCCOc1ccc([N+](=O)[O-])cc1S(=O)(=O)Cl. The topological polar surface area (TPSA) is 86.5 Å². The summed E-state index contributed by atoms with van der Waals surface area (Å²) in [4.78, 5) is 9.58. The van der Waals surface area contributed by atoms with Crippen LogP contribution in [0.1, 0.15) is 13.3 Å². The molecule has 0 saturated heterocycles. The number of nitro groups is 1. The van der Waals surface area contributed by atoms with Gasteiger partial charge in [0.15, 0.2) is 0 Å². The van der Waals surface area contributed by atoms with E-state index in [2.05, 4.69) is 0 Å². The van der Waals surface area contributed by atoms with Crippen LogP contribution >= 0.6 is 22.4 Å². The van der Waals surface area contributed by atoms with Crippen LogP contribution in [0, 0.1) is 10.1 Å². The highest BCUT2D eigenvalue weighted by Gasteiger charge is 2.21. The molecule has 9 heteroatoms. The molecule has 0 radical (unpaired) electrons. The zero-order valence-corrected chi connectivity index (χ0v) is 13.1. The summed E-state index contributed by atoms with van der Waals surface area (Å²) in [6.45, 7) is 2.37. The number of nitrogens with zero attached hydrogens (tertiary/aromatic N) is 1. The maximum absolute atomic E-state index is 11.4. The molecule has 0 aliphatic heterocycles. The molecule has 20 heavy (non-hydrogen) atoms. The molecule has 1 aromatic carbocycles. The van der Waals surface area contributed by atoms with Crippen molar-refractivity contribution in [3.8, 4) is 5.75 Å². The summed E-state index contributed by atoms with van der Waals surface area (Å²) in [6.07, 6.45) is 0.747. The normalized spacial score (nSPS) is 11.3. The maximum Gasteiger partial charge on any atom is 0.271 e. The third-order valence-electron chi connectivity index (χ3n) is 2.30. The first-order chi connectivity index (χ1) is 9.36. The number of ether oxygens (including phenoxy) is 1. The molecule has 0 aliphatic rings. The summed E-state index contributed by atoms with van der Waals surface area (Å²) >= 11 is 1.75. The summed E-state index contributed by atoms with van der Waals surface area (Å²) in [5.74, 6) is 1.93. The molecule has 0 atom stereocenters. The zero-order chi connectivity index (χ0) is 15.2. The number of rotatable bonds is 8. The summed E-state index contributed by atoms with van der Waals surface area (Å²) in [6, 6.07) is 3.33. The number of halogens is 1. The molecule has 6 nitrogen and oxygen atoms in total. The van der Waals surface area contributed by atoms with Crippen molar-refractivity contribution in [1.82, 2.24) is 0 Å². The second-order valence-corrected chi connectivity index (χ2v) is 7.65. The molecule has 0 fully saturated rings. The minimum absolute atomic E-state index is 0.0344. The summed E-state index contributed by atoms with van der Waals surface area (Å²) in [5.41, 5.74) is -0.349. The largest absolute Gasteiger partial charge is 0.492 e. The van der Waals surface area contributed by atoms with Gasteiger partial charge in [-0.3, -0.25) is 10.1 Å². The highest BCUT2D eigenvalue weighted by Crippen LogP contribution is 2.30. The van der Waals surface area contributed by atoms with Crippen LogP contribution in [0.2, 0.25) is 0 Å². The molecule has 0 amide bonds. The summed E-state index contributed by atoms with van der Waals surface area (Å²) in [5, 5.41) is 10.6. The fourth-order valence-electron chi connectivity index (χ4n) is 1.41. The Morgan fingerprint density at radius 2 is 2.15 bits per heavy atom. The highest BCUT2D eigenvalue weighted by atomic mass is 35.7. The molecule has 0 heterocycles. The molecule has 0 spiro atoms. The first-order valence-electron chi connectivity index (χ1n) is 5.80. The molecule has 112 valence electrons. The lowest BCUT2D eigenvalue weighted by Gasteiger charge is -2.09. The predicted octanol–water partition coefficient (Wildman–Crippen LogP) is 3.04. The Balaban J connectivity index is 2.87. The first kappa shape index (κ1) is 17.1. The van der Waals surface area contributed by atoms with E-state index in [1.807, 2.05) is 6.92 Å². The average Bonchev–Trinajstić information content (AvgIpc) is 2.37. The number of hydrogen-bond donors (Lipinski definition) is 0. The molecule has 0 bridgehead atoms. The van der Waals surface area contributed by atoms with Crippen LogP contribution in [0.4, 0.5) is 5.69 Å². The van der Waals surface area contributed by atoms with Crippen LogP contribution in [0.15, 0.2) is 23.1 Å². The number of nitro benzene ring substituents is 1. The molecule has 0 unspecified atom stereocenters. The summed E-state index contributed by atoms with van der Waals surface area (Å²) < 4.78 is 28.2. The van der Waals surface area contributed by atoms with Crippen molar-refractivity contribution in [3.63, 3.8) is 0 Å². The Hall–Kier alpha value is -0.990. The Labute approximate surface area is 126 Å². The van der Waals surface area contributed by atoms with Gasteiger partial charge in [-0.05, 0) is 24.0 Å². The lowest BCUT2D eigenvalue weighted by atomic mass is 10.3. The van der Waals surface area contributed by atoms with E-state index in [4.69, 9.17) is 15.4 Å². The minimum Gasteiger partial charge on any atom is -0.492 e. The minimum atomic E-state index is -4.10. The molecule has 0 aromatic heterocycles. The molecular formula is C11H14ClNO5S2. The van der Waals surface area contributed by atoms with Crippen molar-refractivity contribution in [1.29, 1.82) is 0 Å². The Morgan fingerprint density at radius 1 is 1.45 bits per heavy atom. The molecule has 0 aliphatic carbocycles. The van der Waals surface area contributed by atoms with Crippen LogP contribution in [0.25, 0.3) is 0 Å². The van der Waals surface area contributed by atoms with E-state index < -0.39 is 14.0 Å². The Morgan fingerprint density at radius 3 is 2.70 bits per heavy atom. The smallest absolute Gasteiger partial charge is 0.271 e. The third-order valence-corrected chi connectivity index (χ3v) is 4.62. The average molecular weight is 340 g/mol. The molecule has 1 aromatic rings. The molecular weight excluding hydrogens is 326 g/mol. The van der Waals surface area contributed by atoms with Gasteiger partial charge >= 0.3 is 0 Å². The summed E-state index contributed by atoms with van der Waals surface area (Å²) in [7, 11) is 1.17. The van der Waals surface area contributed by atoms with Crippen molar-refractivity contribution in [2.24, 2.45) is 0 Å². The quantitative estimate of drug-likeness (QED) is 0.313. The zero-order valence-electron chi connectivity index (χ0n) is 10.7. The van der Waals surface area contributed by atoms with E-state index in [1.54, 1.807) is 11.8 Å². The van der Waals surface area contributed by atoms with Gasteiger partial charge in [-0.2, -0.15) is 11.8 Å². The Kier molecular flexibility index (Phi) is 6.57. The number of non-ortho nitro benzene ring substituents is 1. The van der Waals surface area contributed by atoms with Crippen LogP contribution < -0.4 is 4.74 Å². The van der Waals surface area contributed by atoms with E-state index in [1.165, 1.54) is 12.1 Å². The highest BCUT2D eigenvalue weighted by molar-refractivity contribution is 8.13. The standard InChI is InChI=1S/C11H14ClNO5S2/c1-2-19-7-3-6-18-10-5-4-9(13(14)15)8-11(10)20(12,16)17/h4-5,8H,2-3,6-7H2,1H3. The third kappa shape index (κ3) is 5.18. The predicted molar refractivity (Wildman–Crippen MR) is 79.2 cm³/mol. The number of hydrogen-bond acceptors (Lipinski definition) is 6. The fraction of sp³-hybridized carbons (Fsp3) is 0.455. The molecule has 1 rings (SSSR count). The fourth-order valence-corrected chi connectivity index (χ4v) is 3.01. The van der Waals surface area contributed by atoms with Gasteiger partial charge in [0.25, 0.3) is 14.7 Å². The van der Waals surface area contributed by atoms with Crippen molar-refractivity contribution in [2.45, 2.75) is 18.2 Å². The van der Waals surface area contributed by atoms with Crippen LogP contribution in [-0.4, -0.2) is 31.5 Å². The second-order valence-electron chi connectivity index (χ2n) is 3.72. The first-order valence-corrected chi connectivity index (χ1v) is 9.26. The molecule has 0 saturated carbocycles. The van der Waals surface area contributed by atoms with E-state index >= 15 is 0 Å². The Bertz CT molecular complexity index is 576. The van der Waals surface area contributed by atoms with Crippen molar-refractivity contribution < 1.29 is 18.1 Å². The number of thioether (sulfide) groups is 1.